The van der Waals surface area contributed by atoms with Crippen LogP contribution in [0.1, 0.15) is 34.6 Å². The summed E-state index contributed by atoms with van der Waals surface area (Å²) in [6.07, 6.45) is 2.69. The Labute approximate surface area is 148 Å². The van der Waals surface area contributed by atoms with Crippen molar-refractivity contribution in [3.05, 3.63) is 18.5 Å². The second-order valence-electron chi connectivity index (χ2n) is 6.67. The maximum Gasteiger partial charge on any atom is 0.496 e. The number of aromatic nitrogens is 1. The van der Waals surface area contributed by atoms with Gasteiger partial charge in [-0.3, -0.25) is 9.78 Å². The standard InChI is InChI=1S/C15H23BN2O6S/c1-6-22-13(19)10-18-25(20,21)12-7-11(8-17-9-12)16-23-14(2,3)15(4,5)24-16/h7-9,18H,6,10H2,1-5H3. The number of nitrogens with one attached hydrogen (secondary N) is 1. The van der Waals surface area contributed by atoms with Gasteiger partial charge in [-0.15, -0.1) is 0 Å². The molecule has 0 saturated carbocycles. The van der Waals surface area contributed by atoms with Gasteiger partial charge in [0.2, 0.25) is 10.0 Å². The molecule has 8 nitrogen and oxygen atoms in total. The molecule has 0 radical (unpaired) electrons. The van der Waals surface area contributed by atoms with Crippen LogP contribution in [0.4, 0.5) is 0 Å². The topological polar surface area (TPSA) is 104 Å². The van der Waals surface area contributed by atoms with E-state index in [1.54, 1.807) is 6.92 Å². The zero-order chi connectivity index (χ0) is 18.9. The molecule has 1 aromatic heterocycles. The maximum atomic E-state index is 12.3. The average molecular weight is 370 g/mol. The number of carbonyl (C=O) groups excluding carboxylic acids is 1. The summed E-state index contributed by atoms with van der Waals surface area (Å²) in [5, 5.41) is 0. The molecular weight excluding hydrogens is 347 g/mol. The summed E-state index contributed by atoms with van der Waals surface area (Å²) in [4.78, 5) is 15.2. The molecule has 1 N–H and O–H groups in total. The highest BCUT2D eigenvalue weighted by Crippen LogP contribution is 2.36. The van der Waals surface area contributed by atoms with Crippen LogP contribution in [-0.4, -0.2) is 50.8 Å². The molecule has 1 aliphatic heterocycles. The number of nitrogens with zero attached hydrogens (tertiary/aromatic N) is 1. The van der Waals surface area contributed by atoms with Crippen LogP contribution >= 0.6 is 0 Å². The van der Waals surface area contributed by atoms with E-state index >= 15 is 0 Å². The third kappa shape index (κ3) is 4.38. The van der Waals surface area contributed by atoms with E-state index in [1.807, 2.05) is 27.7 Å². The second kappa shape index (κ2) is 7.03. The van der Waals surface area contributed by atoms with Crippen LogP contribution in [0.5, 0.6) is 0 Å². The fourth-order valence-electron chi connectivity index (χ4n) is 2.14. The molecule has 1 aromatic rings. The summed E-state index contributed by atoms with van der Waals surface area (Å²) < 4.78 is 43.3. The van der Waals surface area contributed by atoms with E-state index in [2.05, 4.69) is 9.71 Å². The number of ether oxygens (including phenoxy) is 1. The summed E-state index contributed by atoms with van der Waals surface area (Å²) in [6, 6.07) is 1.42. The van der Waals surface area contributed by atoms with E-state index in [0.717, 1.165) is 0 Å². The highest BCUT2D eigenvalue weighted by molar-refractivity contribution is 7.89. The van der Waals surface area contributed by atoms with E-state index in [0.29, 0.717) is 5.46 Å². The molecule has 0 aliphatic carbocycles. The van der Waals surface area contributed by atoms with Crippen molar-refractivity contribution in [2.24, 2.45) is 0 Å². The molecular formula is C15H23BN2O6S. The van der Waals surface area contributed by atoms with E-state index in [9.17, 15) is 13.2 Å². The fourth-order valence-corrected chi connectivity index (χ4v) is 3.11. The van der Waals surface area contributed by atoms with Crippen LogP contribution in [0, 0.1) is 0 Å². The molecule has 25 heavy (non-hydrogen) atoms. The lowest BCUT2D eigenvalue weighted by Crippen LogP contribution is -2.41. The van der Waals surface area contributed by atoms with Gasteiger partial charge < -0.3 is 14.0 Å². The Morgan fingerprint density at radius 2 is 1.84 bits per heavy atom. The molecule has 10 heteroatoms. The largest absolute Gasteiger partial charge is 0.496 e. The molecule has 2 rings (SSSR count). The van der Waals surface area contributed by atoms with E-state index in [4.69, 9.17) is 14.0 Å². The van der Waals surface area contributed by atoms with Crippen LogP contribution in [0.25, 0.3) is 0 Å². The summed E-state index contributed by atoms with van der Waals surface area (Å²) in [5.74, 6) is -0.652. The highest BCUT2D eigenvalue weighted by atomic mass is 32.2. The van der Waals surface area contributed by atoms with Gasteiger partial charge in [0, 0.05) is 17.9 Å². The van der Waals surface area contributed by atoms with Crippen molar-refractivity contribution in [3.63, 3.8) is 0 Å². The van der Waals surface area contributed by atoms with Crippen LogP contribution < -0.4 is 10.2 Å². The lowest BCUT2D eigenvalue weighted by molar-refractivity contribution is -0.141. The first kappa shape index (κ1) is 19.8. The lowest BCUT2D eigenvalue weighted by Gasteiger charge is -2.32. The van der Waals surface area contributed by atoms with Gasteiger partial charge in [0.15, 0.2) is 0 Å². The van der Waals surface area contributed by atoms with E-state index < -0.39 is 40.9 Å². The first-order valence-corrected chi connectivity index (χ1v) is 9.43. The van der Waals surface area contributed by atoms with Crippen LogP contribution in [0.2, 0.25) is 0 Å². The monoisotopic (exact) mass is 370 g/mol. The van der Waals surface area contributed by atoms with Gasteiger partial charge in [-0.05, 0) is 40.7 Å². The Kier molecular flexibility index (Phi) is 5.57. The minimum absolute atomic E-state index is 0.0796. The Morgan fingerprint density at radius 3 is 2.40 bits per heavy atom. The van der Waals surface area contributed by atoms with Gasteiger partial charge in [0.25, 0.3) is 0 Å². The summed E-state index contributed by atoms with van der Waals surface area (Å²) in [5.41, 5.74) is -0.610. The minimum atomic E-state index is -3.91. The predicted molar refractivity (Wildman–Crippen MR) is 91.8 cm³/mol. The zero-order valence-electron chi connectivity index (χ0n) is 15.0. The van der Waals surface area contributed by atoms with Gasteiger partial charge in [-0.25, -0.2) is 8.42 Å². The molecule has 0 spiro atoms. The number of pyridine rings is 1. The second-order valence-corrected chi connectivity index (χ2v) is 8.44. The van der Waals surface area contributed by atoms with Crippen molar-refractivity contribution >= 4 is 28.6 Å². The highest BCUT2D eigenvalue weighted by Gasteiger charge is 2.51. The normalized spacial score (nSPS) is 19.0. The minimum Gasteiger partial charge on any atom is -0.465 e. The Hall–Kier alpha value is -1.49. The SMILES string of the molecule is CCOC(=O)CNS(=O)(=O)c1cncc(B2OC(C)(C)C(C)(C)O2)c1. The smallest absolute Gasteiger partial charge is 0.465 e. The van der Waals surface area contributed by atoms with Gasteiger partial charge in [-0.2, -0.15) is 4.72 Å². The van der Waals surface area contributed by atoms with Crippen molar-refractivity contribution < 1.29 is 27.3 Å². The molecule has 1 aliphatic rings. The molecule has 1 saturated heterocycles. The van der Waals surface area contributed by atoms with E-state index in [1.165, 1.54) is 18.5 Å². The van der Waals surface area contributed by atoms with Crippen LogP contribution in [0.15, 0.2) is 23.4 Å². The Bertz CT molecular complexity index is 734. The molecule has 0 aromatic carbocycles. The van der Waals surface area contributed by atoms with Gasteiger partial charge in [0.1, 0.15) is 6.54 Å². The third-order valence-electron chi connectivity index (χ3n) is 4.28. The van der Waals surface area contributed by atoms with Crippen molar-refractivity contribution in [1.82, 2.24) is 9.71 Å². The third-order valence-corrected chi connectivity index (χ3v) is 5.65. The van der Waals surface area contributed by atoms with Crippen molar-refractivity contribution in [2.75, 3.05) is 13.2 Å². The molecule has 0 unspecified atom stereocenters. The first-order chi connectivity index (χ1) is 11.5. The van der Waals surface area contributed by atoms with Gasteiger partial charge in [0.05, 0.1) is 22.7 Å². The number of esters is 1. The number of carbonyl (C=O) groups is 1. The fraction of sp³-hybridized carbons (Fsp3) is 0.600. The van der Waals surface area contributed by atoms with Crippen LogP contribution in [-0.2, 0) is 28.9 Å². The quantitative estimate of drug-likeness (QED) is 0.564. The number of hydrogen-bond donors (Lipinski definition) is 1. The van der Waals surface area contributed by atoms with Crippen LogP contribution in [0.3, 0.4) is 0 Å². The zero-order valence-corrected chi connectivity index (χ0v) is 15.8. The summed E-state index contributed by atoms with van der Waals surface area (Å²) >= 11 is 0. The predicted octanol–water partition coefficient (Wildman–Crippen LogP) is 0.222. The molecule has 0 atom stereocenters. The van der Waals surface area contributed by atoms with Crippen molar-refractivity contribution in [1.29, 1.82) is 0 Å². The molecule has 138 valence electrons. The molecule has 0 amide bonds. The number of rotatable bonds is 6. The lowest BCUT2D eigenvalue weighted by atomic mass is 9.80. The summed E-state index contributed by atoms with van der Waals surface area (Å²) in [7, 11) is -4.63. The molecule has 1 fully saturated rings. The Balaban J connectivity index is 2.18. The van der Waals surface area contributed by atoms with Gasteiger partial charge >= 0.3 is 13.1 Å². The number of sulfonamides is 1. The molecule has 2 heterocycles. The van der Waals surface area contributed by atoms with Crippen molar-refractivity contribution in [2.45, 2.75) is 50.7 Å². The Morgan fingerprint density at radius 1 is 1.24 bits per heavy atom. The first-order valence-electron chi connectivity index (χ1n) is 7.94. The molecule has 0 bridgehead atoms. The van der Waals surface area contributed by atoms with E-state index in [-0.39, 0.29) is 11.5 Å². The van der Waals surface area contributed by atoms with Gasteiger partial charge in [-0.1, -0.05) is 0 Å². The van der Waals surface area contributed by atoms with Crippen molar-refractivity contribution in [3.8, 4) is 0 Å². The summed E-state index contributed by atoms with van der Waals surface area (Å²) in [6.45, 7) is 8.99. The average Bonchev–Trinajstić information content (AvgIpc) is 2.74. The number of hydrogen-bond acceptors (Lipinski definition) is 7. The maximum absolute atomic E-state index is 12.3.